The molecule has 10 heteroatoms. The lowest BCUT2D eigenvalue weighted by Crippen LogP contribution is -2.33. The molecule has 8 nitrogen and oxygen atoms in total. The first kappa shape index (κ1) is 16.2. The zero-order valence-electron chi connectivity index (χ0n) is 12.8. The number of rotatable bonds is 5. The predicted octanol–water partition coefficient (Wildman–Crippen LogP) is 2.19. The molecular formula is C15H13N5O3S2. The molecule has 0 aliphatic carbocycles. The summed E-state index contributed by atoms with van der Waals surface area (Å²) < 4.78 is 7.47. The number of hydrogen-bond donors (Lipinski definition) is 2. The van der Waals surface area contributed by atoms with Gasteiger partial charge in [-0.15, -0.1) is 16.9 Å². The van der Waals surface area contributed by atoms with E-state index in [1.807, 2.05) is 42.5 Å². The van der Waals surface area contributed by atoms with Gasteiger partial charge in [-0.05, 0) is 46.5 Å². The highest BCUT2D eigenvalue weighted by atomic mass is 32.2. The molecule has 0 bridgehead atoms. The number of carbonyl (C=O) groups is 1. The van der Waals surface area contributed by atoms with Gasteiger partial charge in [0.25, 0.3) is 0 Å². The van der Waals surface area contributed by atoms with E-state index in [1.165, 1.54) is 23.5 Å². The number of carboxylic acids is 1. The molecule has 2 aromatic heterocycles. The predicted molar refractivity (Wildman–Crippen MR) is 91.7 cm³/mol. The minimum Gasteiger partial charge on any atom is -0.480 e. The third-order valence-corrected chi connectivity index (χ3v) is 5.66. The smallest absolute Gasteiger partial charge is 0.321 e. The van der Waals surface area contributed by atoms with Gasteiger partial charge < -0.3 is 9.52 Å². The van der Waals surface area contributed by atoms with Crippen molar-refractivity contribution < 1.29 is 14.3 Å². The van der Waals surface area contributed by atoms with Crippen molar-refractivity contribution in [1.82, 2.24) is 25.5 Å². The summed E-state index contributed by atoms with van der Waals surface area (Å²) in [5, 5.41) is 24.9. The molecule has 1 aliphatic rings. The fourth-order valence-electron chi connectivity index (χ4n) is 2.37. The molecule has 3 aromatic rings. The van der Waals surface area contributed by atoms with Crippen LogP contribution in [0.4, 0.5) is 0 Å². The molecule has 1 aromatic carbocycles. The second-order valence-corrected chi connectivity index (χ2v) is 7.35. The van der Waals surface area contributed by atoms with Crippen molar-refractivity contribution in [3.8, 4) is 5.69 Å². The van der Waals surface area contributed by atoms with Crippen molar-refractivity contribution in [3.63, 3.8) is 0 Å². The zero-order chi connectivity index (χ0) is 17.2. The lowest BCUT2D eigenvalue weighted by molar-refractivity contribution is -0.138. The van der Waals surface area contributed by atoms with Gasteiger partial charge in [0.1, 0.15) is 17.2 Å². The maximum atomic E-state index is 11.0. The van der Waals surface area contributed by atoms with Crippen molar-refractivity contribution in [3.05, 3.63) is 48.2 Å². The molecule has 25 heavy (non-hydrogen) atoms. The monoisotopic (exact) mass is 375 g/mol. The Bertz CT molecular complexity index is 882. The first-order valence-electron chi connectivity index (χ1n) is 7.42. The number of thioether (sulfide) groups is 1. The van der Waals surface area contributed by atoms with Crippen LogP contribution in [0.25, 0.3) is 5.69 Å². The number of nitrogens with one attached hydrogen (secondary N) is 1. The fraction of sp³-hybridized carbons (Fsp3) is 0.200. The van der Waals surface area contributed by atoms with E-state index in [9.17, 15) is 4.79 Å². The van der Waals surface area contributed by atoms with Gasteiger partial charge in [0.2, 0.25) is 5.16 Å². The van der Waals surface area contributed by atoms with Crippen LogP contribution >= 0.6 is 23.5 Å². The van der Waals surface area contributed by atoms with E-state index < -0.39 is 12.0 Å². The number of furan rings is 1. The van der Waals surface area contributed by atoms with E-state index in [-0.39, 0.29) is 5.37 Å². The molecule has 128 valence electrons. The minimum atomic E-state index is -0.849. The van der Waals surface area contributed by atoms with Gasteiger partial charge in [0.15, 0.2) is 5.09 Å². The van der Waals surface area contributed by atoms with Crippen LogP contribution in [-0.2, 0) is 4.79 Å². The quantitative estimate of drug-likeness (QED) is 0.694. The second-order valence-electron chi connectivity index (χ2n) is 5.24. The first-order chi connectivity index (χ1) is 12.2. The molecule has 2 atom stereocenters. The number of para-hydroxylation sites is 1. The molecule has 0 spiro atoms. The van der Waals surface area contributed by atoms with Crippen LogP contribution in [0.5, 0.6) is 0 Å². The topological polar surface area (TPSA) is 106 Å². The Morgan fingerprint density at radius 3 is 2.92 bits per heavy atom. The lowest BCUT2D eigenvalue weighted by atomic mass is 10.3. The minimum absolute atomic E-state index is 0.166. The van der Waals surface area contributed by atoms with Crippen molar-refractivity contribution in [1.29, 1.82) is 0 Å². The molecule has 1 fully saturated rings. The Kier molecular flexibility index (Phi) is 4.47. The third-order valence-electron chi connectivity index (χ3n) is 3.57. The van der Waals surface area contributed by atoms with Crippen molar-refractivity contribution in [2.75, 3.05) is 5.75 Å². The Morgan fingerprint density at radius 1 is 1.32 bits per heavy atom. The summed E-state index contributed by atoms with van der Waals surface area (Å²) >= 11 is 2.82. The van der Waals surface area contributed by atoms with E-state index in [0.29, 0.717) is 21.8 Å². The molecule has 1 saturated heterocycles. The van der Waals surface area contributed by atoms with E-state index in [4.69, 9.17) is 9.52 Å². The zero-order valence-corrected chi connectivity index (χ0v) is 14.4. The van der Waals surface area contributed by atoms with Gasteiger partial charge >= 0.3 is 5.97 Å². The largest absolute Gasteiger partial charge is 0.480 e. The number of carboxylic acid groups (broad SMARTS) is 1. The Hall–Kier alpha value is -2.30. The number of aliphatic carboxylic acids is 1. The molecular weight excluding hydrogens is 362 g/mol. The van der Waals surface area contributed by atoms with E-state index >= 15 is 0 Å². The van der Waals surface area contributed by atoms with Gasteiger partial charge in [0.05, 0.1) is 5.69 Å². The standard InChI is InChI=1S/C15H13N5O3S2/c21-14(22)10-8-24-13(16-10)11-6-7-12(23-11)25-15-17-18-19-20(15)9-4-2-1-3-5-9/h1-7,10,13,16H,8H2,(H,21,22)/t10-,13-/m0/s1. The molecule has 0 radical (unpaired) electrons. The number of hydrogen-bond acceptors (Lipinski definition) is 8. The Balaban J connectivity index is 1.50. The van der Waals surface area contributed by atoms with Crippen LogP contribution in [0.2, 0.25) is 0 Å². The van der Waals surface area contributed by atoms with Crippen molar-refractivity contribution in [2.45, 2.75) is 21.7 Å². The summed E-state index contributed by atoms with van der Waals surface area (Å²) in [5.74, 6) is 0.350. The molecule has 2 N–H and O–H groups in total. The first-order valence-corrected chi connectivity index (χ1v) is 9.29. The summed E-state index contributed by atoms with van der Waals surface area (Å²) in [7, 11) is 0. The molecule has 3 heterocycles. The molecule has 4 rings (SSSR count). The van der Waals surface area contributed by atoms with Gasteiger partial charge in [-0.25, -0.2) is 0 Å². The van der Waals surface area contributed by atoms with Crippen LogP contribution in [0.15, 0.2) is 57.1 Å². The van der Waals surface area contributed by atoms with Crippen LogP contribution in [0.3, 0.4) is 0 Å². The van der Waals surface area contributed by atoms with Crippen LogP contribution in [-0.4, -0.2) is 43.1 Å². The van der Waals surface area contributed by atoms with Crippen LogP contribution in [0.1, 0.15) is 11.1 Å². The Morgan fingerprint density at radius 2 is 2.16 bits per heavy atom. The van der Waals surface area contributed by atoms with Crippen LogP contribution in [0, 0.1) is 0 Å². The second kappa shape index (κ2) is 6.90. The highest BCUT2D eigenvalue weighted by Gasteiger charge is 2.32. The number of tetrazole rings is 1. The number of benzene rings is 1. The summed E-state index contributed by atoms with van der Waals surface area (Å²) in [4.78, 5) is 11.0. The van der Waals surface area contributed by atoms with Gasteiger partial charge in [-0.3, -0.25) is 10.1 Å². The SMILES string of the molecule is O=C(O)[C@@H]1CS[C@@H](c2ccc(Sc3nnnn3-c3ccccc3)o2)N1. The lowest BCUT2D eigenvalue weighted by Gasteiger charge is -2.07. The molecule has 0 saturated carbocycles. The average molecular weight is 375 g/mol. The van der Waals surface area contributed by atoms with Gasteiger partial charge in [0, 0.05) is 5.75 Å². The summed E-state index contributed by atoms with van der Waals surface area (Å²) in [6.45, 7) is 0. The van der Waals surface area contributed by atoms with Gasteiger partial charge in [-0.2, -0.15) is 4.68 Å². The summed E-state index contributed by atoms with van der Waals surface area (Å²) in [5.41, 5.74) is 0.860. The van der Waals surface area contributed by atoms with E-state index in [0.717, 1.165) is 5.69 Å². The molecule has 0 unspecified atom stereocenters. The maximum absolute atomic E-state index is 11.0. The molecule has 0 amide bonds. The summed E-state index contributed by atoms with van der Waals surface area (Å²) in [6.07, 6.45) is 0. The Labute approximate surface area is 151 Å². The fourth-order valence-corrected chi connectivity index (χ4v) is 4.31. The van der Waals surface area contributed by atoms with Crippen LogP contribution < -0.4 is 5.32 Å². The average Bonchev–Trinajstić information content (AvgIpc) is 3.36. The van der Waals surface area contributed by atoms with Gasteiger partial charge in [-0.1, -0.05) is 18.2 Å². The third kappa shape index (κ3) is 3.41. The van der Waals surface area contributed by atoms with Crippen molar-refractivity contribution >= 4 is 29.5 Å². The van der Waals surface area contributed by atoms with E-state index in [1.54, 1.807) is 4.68 Å². The maximum Gasteiger partial charge on any atom is 0.321 e. The van der Waals surface area contributed by atoms with E-state index in [2.05, 4.69) is 20.8 Å². The normalized spacial score (nSPS) is 20.0. The molecule has 1 aliphatic heterocycles. The number of aromatic nitrogens is 4. The van der Waals surface area contributed by atoms with Crippen molar-refractivity contribution in [2.24, 2.45) is 0 Å². The highest BCUT2D eigenvalue weighted by molar-refractivity contribution is 7.99. The summed E-state index contributed by atoms with van der Waals surface area (Å²) in [6, 6.07) is 12.7. The highest BCUT2D eigenvalue weighted by Crippen LogP contribution is 2.37. The number of nitrogens with zero attached hydrogens (tertiary/aromatic N) is 4.